The largest absolute Gasteiger partial charge is 0.478 e. The van der Waals surface area contributed by atoms with Crippen LogP contribution in [0.1, 0.15) is 36.0 Å². The van der Waals surface area contributed by atoms with Crippen molar-refractivity contribution in [2.75, 3.05) is 0 Å². The highest BCUT2D eigenvalue weighted by molar-refractivity contribution is 5.78. The summed E-state index contributed by atoms with van der Waals surface area (Å²) >= 11 is 0. The molecule has 2 rings (SSSR count). The zero-order valence-electron chi connectivity index (χ0n) is 9.39. The van der Waals surface area contributed by atoms with Crippen molar-refractivity contribution in [2.45, 2.75) is 31.3 Å². The van der Waals surface area contributed by atoms with Crippen molar-refractivity contribution in [3.05, 3.63) is 29.8 Å². The molecule has 1 N–H and O–H groups in total. The minimum Gasteiger partial charge on any atom is -0.478 e. The normalized spacial score (nSPS) is 17.6. The molecule has 0 bridgehead atoms. The number of carboxylic acids is 1. The van der Waals surface area contributed by atoms with Crippen LogP contribution in [0.2, 0.25) is 0 Å². The number of benzene rings is 1. The van der Waals surface area contributed by atoms with Crippen molar-refractivity contribution >= 4 is 12.3 Å². The van der Waals surface area contributed by atoms with E-state index in [1.54, 1.807) is 24.3 Å². The van der Waals surface area contributed by atoms with Gasteiger partial charge in [-0.1, -0.05) is 0 Å². The SMILES string of the molecule is O=Cc1ccc(OC2(C(=O)O)CCCC2)cc1. The van der Waals surface area contributed by atoms with E-state index in [4.69, 9.17) is 4.74 Å². The highest BCUT2D eigenvalue weighted by Crippen LogP contribution is 2.34. The molecule has 0 amide bonds. The summed E-state index contributed by atoms with van der Waals surface area (Å²) in [6.07, 6.45) is 3.57. The maximum Gasteiger partial charge on any atom is 0.348 e. The van der Waals surface area contributed by atoms with Crippen molar-refractivity contribution in [1.82, 2.24) is 0 Å². The summed E-state index contributed by atoms with van der Waals surface area (Å²) in [6, 6.07) is 6.50. The van der Waals surface area contributed by atoms with Crippen LogP contribution in [0.25, 0.3) is 0 Å². The van der Waals surface area contributed by atoms with Crippen LogP contribution in [-0.2, 0) is 4.79 Å². The summed E-state index contributed by atoms with van der Waals surface area (Å²) in [5, 5.41) is 9.24. The smallest absolute Gasteiger partial charge is 0.348 e. The molecule has 0 spiro atoms. The van der Waals surface area contributed by atoms with Gasteiger partial charge < -0.3 is 9.84 Å². The molecule has 0 saturated heterocycles. The predicted molar refractivity (Wildman–Crippen MR) is 61.3 cm³/mol. The molecular weight excluding hydrogens is 220 g/mol. The van der Waals surface area contributed by atoms with E-state index < -0.39 is 11.6 Å². The quantitative estimate of drug-likeness (QED) is 0.812. The van der Waals surface area contributed by atoms with E-state index in [0.29, 0.717) is 24.2 Å². The fourth-order valence-electron chi connectivity index (χ4n) is 2.15. The first-order valence-electron chi connectivity index (χ1n) is 5.64. The molecular formula is C13H14O4. The van der Waals surface area contributed by atoms with Gasteiger partial charge in [0.1, 0.15) is 12.0 Å². The topological polar surface area (TPSA) is 63.6 Å². The molecule has 0 atom stereocenters. The molecule has 0 aliphatic heterocycles. The second-order valence-corrected chi connectivity index (χ2v) is 4.30. The van der Waals surface area contributed by atoms with Crippen LogP contribution in [0.15, 0.2) is 24.3 Å². The van der Waals surface area contributed by atoms with Gasteiger partial charge in [-0.15, -0.1) is 0 Å². The van der Waals surface area contributed by atoms with Crippen LogP contribution < -0.4 is 4.74 Å². The van der Waals surface area contributed by atoms with E-state index in [2.05, 4.69) is 0 Å². The first-order chi connectivity index (χ1) is 8.16. The van der Waals surface area contributed by atoms with Gasteiger partial charge in [-0.2, -0.15) is 0 Å². The molecule has 0 heterocycles. The molecule has 1 saturated carbocycles. The molecule has 1 aliphatic rings. The first kappa shape index (κ1) is 11.6. The number of hydrogen-bond donors (Lipinski definition) is 1. The van der Waals surface area contributed by atoms with E-state index in [9.17, 15) is 14.7 Å². The number of carboxylic acid groups (broad SMARTS) is 1. The Hall–Kier alpha value is -1.84. The van der Waals surface area contributed by atoms with Crippen molar-refractivity contribution in [3.63, 3.8) is 0 Å². The third kappa shape index (κ3) is 2.30. The van der Waals surface area contributed by atoms with Crippen molar-refractivity contribution in [3.8, 4) is 5.75 Å². The molecule has 17 heavy (non-hydrogen) atoms. The molecule has 1 aliphatic carbocycles. The summed E-state index contributed by atoms with van der Waals surface area (Å²) in [7, 11) is 0. The van der Waals surface area contributed by atoms with Crippen LogP contribution in [0.3, 0.4) is 0 Å². The molecule has 1 aromatic carbocycles. The van der Waals surface area contributed by atoms with Gasteiger partial charge in [-0.05, 0) is 49.9 Å². The fraction of sp³-hybridized carbons (Fsp3) is 0.385. The average molecular weight is 234 g/mol. The van der Waals surface area contributed by atoms with Gasteiger partial charge in [-0.3, -0.25) is 4.79 Å². The molecule has 0 aromatic heterocycles. The minimum absolute atomic E-state index is 0.500. The molecule has 4 nitrogen and oxygen atoms in total. The summed E-state index contributed by atoms with van der Waals surface area (Å²) < 4.78 is 5.61. The Bertz CT molecular complexity index is 416. The number of hydrogen-bond acceptors (Lipinski definition) is 3. The fourth-order valence-corrected chi connectivity index (χ4v) is 2.15. The number of rotatable bonds is 4. The number of aliphatic carboxylic acids is 1. The van der Waals surface area contributed by atoms with E-state index in [1.165, 1.54) is 0 Å². The Morgan fingerprint density at radius 1 is 1.24 bits per heavy atom. The minimum atomic E-state index is -1.08. The number of carbonyl (C=O) groups is 2. The first-order valence-corrected chi connectivity index (χ1v) is 5.64. The van der Waals surface area contributed by atoms with Gasteiger partial charge in [0.25, 0.3) is 0 Å². The predicted octanol–water partition coefficient (Wildman–Crippen LogP) is 2.28. The summed E-state index contributed by atoms with van der Waals surface area (Å²) in [6.45, 7) is 0. The molecule has 90 valence electrons. The molecule has 0 radical (unpaired) electrons. The maximum absolute atomic E-state index is 11.3. The standard InChI is InChI=1S/C13H14O4/c14-9-10-3-5-11(6-4-10)17-13(12(15)16)7-1-2-8-13/h3-6,9H,1-2,7-8H2,(H,15,16). The molecule has 1 aromatic rings. The third-order valence-electron chi connectivity index (χ3n) is 3.13. The van der Waals surface area contributed by atoms with Gasteiger partial charge >= 0.3 is 5.97 Å². The molecule has 1 fully saturated rings. The lowest BCUT2D eigenvalue weighted by Crippen LogP contribution is -2.41. The van der Waals surface area contributed by atoms with Crippen LogP contribution in [0.5, 0.6) is 5.75 Å². The number of ether oxygens (including phenoxy) is 1. The van der Waals surface area contributed by atoms with Gasteiger partial charge in [0, 0.05) is 5.56 Å². The summed E-state index contributed by atoms with van der Waals surface area (Å²) in [4.78, 5) is 21.8. The molecule has 4 heteroatoms. The Kier molecular flexibility index (Phi) is 3.13. The van der Waals surface area contributed by atoms with E-state index >= 15 is 0 Å². The summed E-state index contributed by atoms with van der Waals surface area (Å²) in [5.41, 5.74) is -0.531. The van der Waals surface area contributed by atoms with E-state index in [1.807, 2.05) is 0 Å². The van der Waals surface area contributed by atoms with Gasteiger partial charge in [0.05, 0.1) is 0 Å². The van der Waals surface area contributed by atoms with Crippen LogP contribution in [0, 0.1) is 0 Å². The Morgan fingerprint density at radius 2 is 1.82 bits per heavy atom. The van der Waals surface area contributed by atoms with Crippen LogP contribution in [-0.4, -0.2) is 23.0 Å². The highest BCUT2D eigenvalue weighted by Gasteiger charge is 2.43. The Morgan fingerprint density at radius 3 is 2.29 bits per heavy atom. The maximum atomic E-state index is 11.3. The van der Waals surface area contributed by atoms with E-state index in [-0.39, 0.29) is 0 Å². The summed E-state index contributed by atoms with van der Waals surface area (Å²) in [5.74, 6) is -0.408. The van der Waals surface area contributed by atoms with E-state index in [0.717, 1.165) is 19.1 Å². The van der Waals surface area contributed by atoms with Crippen molar-refractivity contribution in [1.29, 1.82) is 0 Å². The number of carbonyl (C=O) groups excluding carboxylic acids is 1. The Balaban J connectivity index is 2.17. The van der Waals surface area contributed by atoms with Crippen molar-refractivity contribution in [2.24, 2.45) is 0 Å². The highest BCUT2D eigenvalue weighted by atomic mass is 16.5. The average Bonchev–Trinajstić information content (AvgIpc) is 2.80. The van der Waals surface area contributed by atoms with Gasteiger partial charge in [0.2, 0.25) is 5.60 Å². The third-order valence-corrected chi connectivity index (χ3v) is 3.13. The van der Waals surface area contributed by atoms with Gasteiger partial charge in [-0.25, -0.2) is 4.79 Å². The van der Waals surface area contributed by atoms with Crippen molar-refractivity contribution < 1.29 is 19.4 Å². The Labute approximate surface area is 99.2 Å². The monoisotopic (exact) mass is 234 g/mol. The van der Waals surface area contributed by atoms with Crippen LogP contribution in [0.4, 0.5) is 0 Å². The zero-order valence-corrected chi connectivity index (χ0v) is 9.39. The molecule has 0 unspecified atom stereocenters. The lowest BCUT2D eigenvalue weighted by atomic mass is 10.0. The zero-order chi connectivity index (χ0) is 12.3. The number of aldehydes is 1. The lowest BCUT2D eigenvalue weighted by molar-refractivity contribution is -0.154. The van der Waals surface area contributed by atoms with Crippen LogP contribution >= 0.6 is 0 Å². The lowest BCUT2D eigenvalue weighted by Gasteiger charge is -2.25. The van der Waals surface area contributed by atoms with Gasteiger partial charge in [0.15, 0.2) is 0 Å². The second kappa shape index (κ2) is 4.57. The second-order valence-electron chi connectivity index (χ2n) is 4.30.